The first-order chi connectivity index (χ1) is 11.5. The molecule has 0 saturated carbocycles. The Hall–Kier alpha value is -1.98. The smallest absolute Gasteiger partial charge is 0.257 e. The molecule has 2 aromatic rings. The van der Waals surface area contributed by atoms with Gasteiger partial charge in [-0.15, -0.1) is 0 Å². The molecule has 0 spiro atoms. The minimum Gasteiger partial charge on any atom is -0.482 e. The Balaban J connectivity index is 1.70. The second-order valence-electron chi connectivity index (χ2n) is 5.30. The normalized spacial score (nSPS) is 10.5. The number of amides is 1. The number of pyridine rings is 1. The van der Waals surface area contributed by atoms with Gasteiger partial charge < -0.3 is 14.6 Å². The number of aryl methyl sites for hydroxylation is 2. The van der Waals surface area contributed by atoms with Gasteiger partial charge in [0.25, 0.3) is 11.5 Å². The number of nitrogens with one attached hydrogen (secondary N) is 1. The Bertz CT molecular complexity index is 775. The fourth-order valence-corrected chi connectivity index (χ4v) is 2.52. The van der Waals surface area contributed by atoms with E-state index in [1.54, 1.807) is 35.0 Å². The van der Waals surface area contributed by atoms with Gasteiger partial charge in [-0.2, -0.15) is 0 Å². The lowest BCUT2D eigenvalue weighted by atomic mass is 10.3. The molecule has 128 valence electrons. The number of carbonyl (C=O) groups is 1. The lowest BCUT2D eigenvalue weighted by molar-refractivity contribution is -0.123. The van der Waals surface area contributed by atoms with Crippen LogP contribution in [0.1, 0.15) is 12.0 Å². The molecule has 0 bridgehead atoms. The van der Waals surface area contributed by atoms with Crippen molar-refractivity contribution in [3.05, 3.63) is 62.5 Å². The molecule has 1 aromatic carbocycles. The zero-order chi connectivity index (χ0) is 17.5. The lowest BCUT2D eigenvalue weighted by Crippen LogP contribution is -2.31. The Kier molecular flexibility index (Phi) is 6.70. The van der Waals surface area contributed by atoms with E-state index in [9.17, 15) is 9.59 Å². The van der Waals surface area contributed by atoms with Gasteiger partial charge in [0.2, 0.25) is 0 Å². The average Bonchev–Trinajstić information content (AvgIpc) is 2.52. The molecule has 2 rings (SSSR count). The van der Waals surface area contributed by atoms with Crippen LogP contribution in [0.4, 0.5) is 0 Å². The molecule has 5 nitrogen and oxygen atoms in total. The van der Waals surface area contributed by atoms with E-state index >= 15 is 0 Å². The Morgan fingerprint density at radius 2 is 2.04 bits per heavy atom. The van der Waals surface area contributed by atoms with Gasteiger partial charge in [0.05, 0.1) is 5.02 Å². The zero-order valence-electron chi connectivity index (χ0n) is 13.2. The number of nitrogens with zero attached hydrogens (tertiary/aromatic N) is 1. The SMILES string of the molecule is Cc1ccn(CCCNC(=O)COc2ccc(Cl)cc2Cl)c(=O)c1. The molecule has 0 fully saturated rings. The van der Waals surface area contributed by atoms with Crippen LogP contribution in [0.5, 0.6) is 5.75 Å². The van der Waals surface area contributed by atoms with Crippen LogP contribution >= 0.6 is 23.2 Å². The van der Waals surface area contributed by atoms with Crippen molar-refractivity contribution in [2.45, 2.75) is 19.9 Å². The summed E-state index contributed by atoms with van der Waals surface area (Å²) in [4.78, 5) is 23.5. The summed E-state index contributed by atoms with van der Waals surface area (Å²) in [5.41, 5.74) is 0.893. The van der Waals surface area contributed by atoms with E-state index < -0.39 is 0 Å². The summed E-state index contributed by atoms with van der Waals surface area (Å²) in [6, 6.07) is 8.27. The topological polar surface area (TPSA) is 60.3 Å². The highest BCUT2D eigenvalue weighted by molar-refractivity contribution is 6.35. The molecular formula is C17H18Cl2N2O3. The van der Waals surface area contributed by atoms with Crippen molar-refractivity contribution in [2.75, 3.05) is 13.2 Å². The summed E-state index contributed by atoms with van der Waals surface area (Å²) in [5, 5.41) is 3.59. The number of hydrogen-bond acceptors (Lipinski definition) is 3. The summed E-state index contributed by atoms with van der Waals surface area (Å²) in [5.74, 6) is 0.152. The van der Waals surface area contributed by atoms with Gasteiger partial charge in [-0.25, -0.2) is 0 Å². The van der Waals surface area contributed by atoms with Crippen molar-refractivity contribution >= 4 is 29.1 Å². The Labute approximate surface area is 150 Å². The second kappa shape index (κ2) is 8.76. The fraction of sp³-hybridized carbons (Fsp3) is 0.294. The van der Waals surface area contributed by atoms with Crippen LogP contribution in [0.25, 0.3) is 0 Å². The largest absolute Gasteiger partial charge is 0.482 e. The molecule has 1 heterocycles. The molecule has 0 atom stereocenters. The van der Waals surface area contributed by atoms with E-state index in [1.165, 1.54) is 0 Å². The summed E-state index contributed by atoms with van der Waals surface area (Å²) in [6.45, 7) is 2.74. The van der Waals surface area contributed by atoms with Crippen LogP contribution in [0, 0.1) is 6.92 Å². The number of hydrogen-bond donors (Lipinski definition) is 1. The first-order valence-electron chi connectivity index (χ1n) is 7.47. The number of rotatable bonds is 7. The third kappa shape index (κ3) is 5.58. The number of aromatic nitrogens is 1. The quantitative estimate of drug-likeness (QED) is 0.764. The monoisotopic (exact) mass is 368 g/mol. The van der Waals surface area contributed by atoms with Crippen LogP contribution in [0.3, 0.4) is 0 Å². The fourth-order valence-electron chi connectivity index (χ4n) is 2.06. The van der Waals surface area contributed by atoms with E-state index in [-0.39, 0.29) is 18.1 Å². The van der Waals surface area contributed by atoms with Crippen molar-refractivity contribution in [2.24, 2.45) is 0 Å². The molecule has 1 N–H and O–H groups in total. The van der Waals surface area contributed by atoms with E-state index in [0.29, 0.717) is 35.3 Å². The summed E-state index contributed by atoms with van der Waals surface area (Å²) >= 11 is 11.8. The molecule has 24 heavy (non-hydrogen) atoms. The summed E-state index contributed by atoms with van der Waals surface area (Å²) < 4.78 is 6.96. The molecule has 0 radical (unpaired) electrons. The minimum atomic E-state index is -0.253. The van der Waals surface area contributed by atoms with Gasteiger partial charge in [-0.05, 0) is 43.2 Å². The highest BCUT2D eigenvalue weighted by Crippen LogP contribution is 2.27. The van der Waals surface area contributed by atoms with Crippen LogP contribution in [-0.2, 0) is 11.3 Å². The van der Waals surface area contributed by atoms with E-state index in [0.717, 1.165) is 5.56 Å². The molecule has 1 aromatic heterocycles. The third-order valence-electron chi connectivity index (χ3n) is 3.30. The molecule has 0 aliphatic rings. The second-order valence-corrected chi connectivity index (χ2v) is 6.15. The maximum Gasteiger partial charge on any atom is 0.257 e. The van der Waals surface area contributed by atoms with Gasteiger partial charge in [0.1, 0.15) is 5.75 Å². The van der Waals surface area contributed by atoms with E-state index in [1.807, 2.05) is 13.0 Å². The first kappa shape index (κ1) is 18.4. The highest BCUT2D eigenvalue weighted by atomic mass is 35.5. The number of ether oxygens (including phenoxy) is 1. The van der Waals surface area contributed by atoms with Crippen molar-refractivity contribution < 1.29 is 9.53 Å². The maximum atomic E-state index is 11.7. The summed E-state index contributed by atoms with van der Waals surface area (Å²) in [6.07, 6.45) is 2.40. The van der Waals surface area contributed by atoms with Crippen molar-refractivity contribution in [3.63, 3.8) is 0 Å². The Morgan fingerprint density at radius 3 is 2.75 bits per heavy atom. The molecular weight excluding hydrogens is 351 g/mol. The minimum absolute atomic E-state index is 0.0398. The zero-order valence-corrected chi connectivity index (χ0v) is 14.7. The maximum absolute atomic E-state index is 11.7. The van der Waals surface area contributed by atoms with Crippen molar-refractivity contribution in [1.82, 2.24) is 9.88 Å². The molecule has 0 unspecified atom stereocenters. The Morgan fingerprint density at radius 1 is 1.25 bits per heavy atom. The van der Waals surface area contributed by atoms with E-state index in [4.69, 9.17) is 27.9 Å². The lowest BCUT2D eigenvalue weighted by Gasteiger charge is -2.09. The van der Waals surface area contributed by atoms with Gasteiger partial charge in [0, 0.05) is 30.4 Å². The number of carbonyl (C=O) groups excluding carboxylic acids is 1. The molecule has 0 saturated heterocycles. The average molecular weight is 369 g/mol. The first-order valence-corrected chi connectivity index (χ1v) is 8.23. The predicted octanol–water partition coefficient (Wildman–Crippen LogP) is 3.05. The van der Waals surface area contributed by atoms with Crippen LogP contribution in [0.2, 0.25) is 10.0 Å². The van der Waals surface area contributed by atoms with Crippen LogP contribution in [0.15, 0.2) is 41.3 Å². The number of halogens is 2. The van der Waals surface area contributed by atoms with Gasteiger partial charge in [-0.1, -0.05) is 23.2 Å². The van der Waals surface area contributed by atoms with Crippen molar-refractivity contribution in [3.8, 4) is 5.75 Å². The third-order valence-corrected chi connectivity index (χ3v) is 3.83. The molecule has 7 heteroatoms. The highest BCUT2D eigenvalue weighted by Gasteiger charge is 2.06. The number of benzene rings is 1. The van der Waals surface area contributed by atoms with E-state index in [2.05, 4.69) is 5.32 Å². The predicted molar refractivity (Wildman–Crippen MR) is 95.0 cm³/mol. The molecule has 0 aliphatic heterocycles. The van der Waals surface area contributed by atoms with Crippen LogP contribution < -0.4 is 15.6 Å². The summed E-state index contributed by atoms with van der Waals surface area (Å²) in [7, 11) is 0. The standard InChI is InChI=1S/C17H18Cl2N2O3/c1-12-5-8-21(17(23)9-12)7-2-6-20-16(22)11-24-15-4-3-13(18)10-14(15)19/h3-5,8-10H,2,6-7,11H2,1H3,(H,20,22). The molecule has 0 aliphatic carbocycles. The van der Waals surface area contributed by atoms with Crippen LogP contribution in [-0.4, -0.2) is 23.6 Å². The van der Waals surface area contributed by atoms with Crippen molar-refractivity contribution in [1.29, 1.82) is 0 Å². The van der Waals surface area contributed by atoms with Gasteiger partial charge in [0.15, 0.2) is 6.61 Å². The van der Waals surface area contributed by atoms with Gasteiger partial charge >= 0.3 is 0 Å². The molecule has 1 amide bonds. The van der Waals surface area contributed by atoms with Gasteiger partial charge in [-0.3, -0.25) is 9.59 Å².